The molecular formula is C40H33F4N5O4S. The summed E-state index contributed by atoms with van der Waals surface area (Å²) in [6.45, 7) is 5.14. The Balaban J connectivity index is 0.988. The second-order valence-corrected chi connectivity index (χ2v) is 14.9. The fourth-order valence-electron chi connectivity index (χ4n) is 7.32. The number of rotatable bonds is 6. The highest BCUT2D eigenvalue weighted by molar-refractivity contribution is 7.17. The molecule has 3 aromatic carbocycles. The van der Waals surface area contributed by atoms with Gasteiger partial charge in [0.05, 0.1) is 16.1 Å². The molecule has 2 fully saturated rings. The summed E-state index contributed by atoms with van der Waals surface area (Å²) in [7, 11) is 0. The molecule has 0 unspecified atom stereocenters. The summed E-state index contributed by atoms with van der Waals surface area (Å²) in [5.41, 5.74) is 2.92. The Hall–Kier alpha value is -5.60. The van der Waals surface area contributed by atoms with E-state index in [-0.39, 0.29) is 34.9 Å². The monoisotopic (exact) mass is 755 g/mol. The van der Waals surface area contributed by atoms with Crippen LogP contribution in [0.15, 0.2) is 72.8 Å². The fraction of sp³-hybridized carbons (Fsp3) is 0.250. The van der Waals surface area contributed by atoms with Crippen molar-refractivity contribution >= 4 is 51.9 Å². The van der Waals surface area contributed by atoms with Gasteiger partial charge >= 0.3 is 0 Å². The van der Waals surface area contributed by atoms with Gasteiger partial charge in [0.25, 0.3) is 17.7 Å². The third-order valence-corrected chi connectivity index (χ3v) is 11.4. The largest absolute Gasteiger partial charge is 0.381 e. The first-order valence-electron chi connectivity index (χ1n) is 17.4. The lowest BCUT2D eigenvalue weighted by Gasteiger charge is -2.53. The Morgan fingerprint density at radius 1 is 0.833 bits per heavy atom. The summed E-state index contributed by atoms with van der Waals surface area (Å²) >= 11 is 1.02. The van der Waals surface area contributed by atoms with Crippen molar-refractivity contribution in [3.05, 3.63) is 123 Å². The summed E-state index contributed by atoms with van der Waals surface area (Å²) in [6, 6.07) is 16.5. The molecule has 54 heavy (non-hydrogen) atoms. The molecule has 0 radical (unpaired) electrons. The Morgan fingerprint density at radius 2 is 1.56 bits per heavy atom. The van der Waals surface area contributed by atoms with Crippen LogP contribution in [0.2, 0.25) is 0 Å². The van der Waals surface area contributed by atoms with E-state index in [1.807, 2.05) is 6.92 Å². The zero-order valence-corrected chi connectivity index (χ0v) is 29.8. The standard InChI is InChI=1S/C40H33F4N5O4S/c1-22-2-8-29(36(45-22)48-20-40(21-48)11-14-53-15-12-40)37(50)46-27-6-3-23(4-7-27)39(52)49-13-10-24-16-33(54-35(24)28-9-5-25(41)19-32(28)49)38(51)47-34-30(43)17-26(42)18-31(34)44/h2-9,16-19H,10-15,20-21H2,1H3,(H,46,50)(H,47,51). The predicted octanol–water partition coefficient (Wildman–Crippen LogP) is 8.00. The summed E-state index contributed by atoms with van der Waals surface area (Å²) in [5.74, 6) is -5.10. The van der Waals surface area contributed by atoms with Crippen molar-refractivity contribution in [1.82, 2.24) is 4.98 Å². The number of hydrogen-bond acceptors (Lipinski definition) is 7. The van der Waals surface area contributed by atoms with E-state index in [1.54, 1.807) is 42.5 Å². The number of fused-ring (bicyclic) bond motifs is 3. The minimum atomic E-state index is -1.26. The number of hydrogen-bond donors (Lipinski definition) is 2. The van der Waals surface area contributed by atoms with Crippen molar-refractivity contribution in [3.63, 3.8) is 0 Å². The molecule has 0 atom stereocenters. The zero-order chi connectivity index (χ0) is 37.7. The van der Waals surface area contributed by atoms with E-state index < -0.39 is 40.8 Å². The molecule has 3 aliphatic heterocycles. The van der Waals surface area contributed by atoms with Gasteiger partial charge in [0, 0.05) is 77.8 Å². The van der Waals surface area contributed by atoms with E-state index in [1.165, 1.54) is 23.1 Å². The number of carbonyl (C=O) groups is 3. The molecule has 2 saturated heterocycles. The third-order valence-electron chi connectivity index (χ3n) is 10.2. The fourth-order valence-corrected chi connectivity index (χ4v) is 8.46. The second-order valence-electron chi connectivity index (χ2n) is 13.9. The number of anilines is 4. The van der Waals surface area contributed by atoms with Crippen LogP contribution in [-0.4, -0.2) is 55.6 Å². The molecule has 3 amide bonds. The summed E-state index contributed by atoms with van der Waals surface area (Å²) in [4.78, 5) is 49.6. The highest BCUT2D eigenvalue weighted by Gasteiger charge is 2.45. The number of aryl methyl sites for hydroxylation is 1. The van der Waals surface area contributed by atoms with Crippen LogP contribution in [0, 0.1) is 35.6 Å². The summed E-state index contributed by atoms with van der Waals surface area (Å²) in [6.07, 6.45) is 2.26. The molecule has 2 N–H and O–H groups in total. The third kappa shape index (κ3) is 6.71. The van der Waals surface area contributed by atoms with Crippen LogP contribution in [0.5, 0.6) is 0 Å². The van der Waals surface area contributed by atoms with Gasteiger partial charge in [-0.05, 0) is 92.4 Å². The van der Waals surface area contributed by atoms with Crippen LogP contribution in [-0.2, 0) is 11.2 Å². The number of aromatic nitrogens is 1. The smallest absolute Gasteiger partial charge is 0.265 e. The Bertz CT molecular complexity index is 2290. The van der Waals surface area contributed by atoms with Crippen molar-refractivity contribution in [1.29, 1.82) is 0 Å². The number of amides is 3. The van der Waals surface area contributed by atoms with E-state index in [0.29, 0.717) is 50.8 Å². The summed E-state index contributed by atoms with van der Waals surface area (Å²) < 4.78 is 62.1. The molecule has 5 aromatic rings. The number of nitrogens with zero attached hydrogens (tertiary/aromatic N) is 3. The van der Waals surface area contributed by atoms with Crippen LogP contribution in [0.3, 0.4) is 0 Å². The highest BCUT2D eigenvalue weighted by atomic mass is 32.1. The van der Waals surface area contributed by atoms with E-state index in [2.05, 4.69) is 15.5 Å². The second kappa shape index (κ2) is 14.0. The van der Waals surface area contributed by atoms with Gasteiger partial charge in [-0.15, -0.1) is 11.3 Å². The van der Waals surface area contributed by atoms with Gasteiger partial charge in [-0.2, -0.15) is 0 Å². The molecule has 1 spiro atoms. The number of thiophene rings is 1. The Labute approximate surface area is 311 Å². The molecule has 5 heterocycles. The number of benzene rings is 3. The van der Waals surface area contributed by atoms with Gasteiger partial charge in [0.2, 0.25) is 0 Å². The van der Waals surface area contributed by atoms with Gasteiger partial charge in [-0.1, -0.05) is 0 Å². The molecule has 3 aliphatic rings. The SMILES string of the molecule is Cc1ccc(C(=O)Nc2ccc(C(=O)N3CCc4cc(C(=O)Nc5c(F)cc(F)cc5F)sc4-c4ccc(F)cc43)cc2)c(N2CC3(CCOCC3)C2)n1. The van der Waals surface area contributed by atoms with E-state index in [0.717, 1.165) is 56.2 Å². The molecular weight excluding hydrogens is 723 g/mol. The normalized spacial score (nSPS) is 15.9. The first-order chi connectivity index (χ1) is 26.0. The van der Waals surface area contributed by atoms with E-state index in [9.17, 15) is 31.9 Å². The lowest BCUT2D eigenvalue weighted by Crippen LogP contribution is -2.59. The molecule has 0 bridgehead atoms. The van der Waals surface area contributed by atoms with E-state index >= 15 is 0 Å². The maximum Gasteiger partial charge on any atom is 0.265 e. The maximum atomic E-state index is 14.7. The van der Waals surface area contributed by atoms with Crippen molar-refractivity contribution < 1.29 is 36.7 Å². The minimum absolute atomic E-state index is 0.123. The molecule has 8 rings (SSSR count). The van der Waals surface area contributed by atoms with Gasteiger partial charge in [0.1, 0.15) is 23.1 Å². The average molecular weight is 756 g/mol. The van der Waals surface area contributed by atoms with Crippen LogP contribution in [0.25, 0.3) is 10.4 Å². The molecule has 9 nitrogen and oxygen atoms in total. The van der Waals surface area contributed by atoms with Crippen molar-refractivity contribution in [2.75, 3.05) is 53.3 Å². The molecule has 0 aliphatic carbocycles. The van der Waals surface area contributed by atoms with E-state index in [4.69, 9.17) is 9.72 Å². The van der Waals surface area contributed by atoms with Gasteiger partial charge in [0.15, 0.2) is 11.6 Å². The highest BCUT2D eigenvalue weighted by Crippen LogP contribution is 2.44. The van der Waals surface area contributed by atoms with Crippen molar-refractivity contribution in [3.8, 4) is 10.4 Å². The van der Waals surface area contributed by atoms with Crippen LogP contribution in [0.4, 0.5) is 40.4 Å². The minimum Gasteiger partial charge on any atom is -0.381 e. The molecule has 276 valence electrons. The van der Waals surface area contributed by atoms with Crippen LogP contribution in [0.1, 0.15) is 54.5 Å². The van der Waals surface area contributed by atoms with Crippen molar-refractivity contribution in [2.24, 2.45) is 5.41 Å². The first-order valence-corrected chi connectivity index (χ1v) is 18.2. The first kappa shape index (κ1) is 35.4. The maximum absolute atomic E-state index is 14.7. The number of ether oxygens (including phenoxy) is 1. The topological polar surface area (TPSA) is 104 Å². The predicted molar refractivity (Wildman–Crippen MR) is 197 cm³/mol. The Kier molecular flexibility index (Phi) is 9.18. The van der Waals surface area contributed by atoms with Crippen LogP contribution < -0.4 is 20.4 Å². The van der Waals surface area contributed by atoms with Gasteiger partial charge in [-0.3, -0.25) is 14.4 Å². The number of pyridine rings is 1. The van der Waals surface area contributed by atoms with Crippen LogP contribution >= 0.6 is 11.3 Å². The molecule has 0 saturated carbocycles. The molecule has 14 heteroatoms. The van der Waals surface area contributed by atoms with Gasteiger partial charge in [-0.25, -0.2) is 22.5 Å². The molecule has 2 aromatic heterocycles. The quantitative estimate of drug-likeness (QED) is 0.170. The summed E-state index contributed by atoms with van der Waals surface area (Å²) in [5, 5.41) is 5.10. The Morgan fingerprint density at radius 3 is 2.28 bits per heavy atom. The zero-order valence-electron chi connectivity index (χ0n) is 29.0. The number of nitrogens with one attached hydrogen (secondary N) is 2. The lowest BCUT2D eigenvalue weighted by molar-refractivity contribution is -0.000519. The number of halogens is 4. The number of carbonyl (C=O) groups excluding carboxylic acids is 3. The average Bonchev–Trinajstić information content (AvgIpc) is 3.50. The van der Waals surface area contributed by atoms with Gasteiger partial charge < -0.3 is 25.2 Å². The lowest BCUT2D eigenvalue weighted by atomic mass is 9.73. The van der Waals surface area contributed by atoms with Crippen molar-refractivity contribution in [2.45, 2.75) is 26.2 Å².